The van der Waals surface area contributed by atoms with E-state index in [1.54, 1.807) is 11.3 Å². The highest BCUT2D eigenvalue weighted by Gasteiger charge is 2.24. The Hall–Kier alpha value is -5.68. The van der Waals surface area contributed by atoms with Crippen LogP contribution in [0, 0.1) is 0 Å². The second-order valence-electron chi connectivity index (χ2n) is 12.4. The highest BCUT2D eigenvalue weighted by molar-refractivity contribution is 7.27. The molecule has 0 saturated heterocycles. The minimum atomic E-state index is 0.913. The van der Waals surface area contributed by atoms with E-state index >= 15 is 0 Å². The predicted octanol–water partition coefficient (Wildman–Crippen LogP) is 13.2. The minimum Gasteiger partial charge on any atom is -0.242 e. The van der Waals surface area contributed by atoms with Crippen molar-refractivity contribution in [2.24, 2.45) is 0 Å². The van der Waals surface area contributed by atoms with Crippen LogP contribution in [0.2, 0.25) is 0 Å². The highest BCUT2D eigenvalue weighted by atomic mass is 32.1. The van der Waals surface area contributed by atoms with Crippen LogP contribution in [0.1, 0.15) is 0 Å². The standard InChI is InChI=1S/C44H24N2S2/c1-2-13-26(14-3-1)40-41(46-44-42(45-40)32-20-10-11-21-34(32)48-44)33-24-27-15-5-7-17-29(27)36-30-18-8-9-19-31(30)38-37-28-16-6-4-12-25(28)22-23-35(37)47-43(38)39(33)36/h1-24H. The first-order valence-corrected chi connectivity index (χ1v) is 17.8. The van der Waals surface area contributed by atoms with Crippen LogP contribution >= 0.6 is 22.7 Å². The first-order chi connectivity index (χ1) is 23.8. The Kier molecular flexibility index (Phi) is 5.45. The van der Waals surface area contributed by atoms with Crippen molar-refractivity contribution in [2.45, 2.75) is 0 Å². The molecular formula is C44H24N2S2. The van der Waals surface area contributed by atoms with Crippen molar-refractivity contribution >= 4 is 106 Å². The SMILES string of the molecule is c1ccc(-c2nc3c(nc2-c2cc4ccccc4c4c5ccccc5c5c(sc6ccc7ccccc7c65)c24)sc2ccccc23)cc1. The number of aromatic nitrogens is 2. The van der Waals surface area contributed by atoms with Gasteiger partial charge in [0.15, 0.2) is 0 Å². The fourth-order valence-corrected chi connectivity index (χ4v) is 10.1. The summed E-state index contributed by atoms with van der Waals surface area (Å²) < 4.78 is 3.81. The molecule has 0 radical (unpaired) electrons. The van der Waals surface area contributed by atoms with E-state index in [-0.39, 0.29) is 0 Å². The van der Waals surface area contributed by atoms with Gasteiger partial charge in [0.25, 0.3) is 0 Å². The van der Waals surface area contributed by atoms with Crippen LogP contribution in [0.15, 0.2) is 146 Å². The minimum absolute atomic E-state index is 0.913. The molecule has 11 rings (SSSR count). The van der Waals surface area contributed by atoms with Crippen LogP contribution in [0.25, 0.3) is 106 Å². The molecule has 0 aliphatic rings. The first kappa shape index (κ1) is 26.4. The third-order valence-corrected chi connectivity index (χ3v) is 12.1. The molecule has 2 nitrogen and oxygen atoms in total. The molecule has 222 valence electrons. The summed E-state index contributed by atoms with van der Waals surface area (Å²) in [5.41, 5.74) is 5.00. The average Bonchev–Trinajstić information content (AvgIpc) is 3.73. The van der Waals surface area contributed by atoms with Crippen molar-refractivity contribution in [1.29, 1.82) is 0 Å². The van der Waals surface area contributed by atoms with Crippen molar-refractivity contribution in [3.8, 4) is 22.5 Å². The average molecular weight is 645 g/mol. The van der Waals surface area contributed by atoms with Gasteiger partial charge in [-0.3, -0.25) is 0 Å². The van der Waals surface area contributed by atoms with Gasteiger partial charge in [-0.25, -0.2) is 9.97 Å². The summed E-state index contributed by atoms with van der Waals surface area (Å²) in [7, 11) is 0. The topological polar surface area (TPSA) is 25.8 Å². The van der Waals surface area contributed by atoms with E-state index in [1.165, 1.54) is 68.0 Å². The van der Waals surface area contributed by atoms with Gasteiger partial charge in [0, 0.05) is 46.8 Å². The lowest BCUT2D eigenvalue weighted by atomic mass is 9.88. The molecule has 3 heterocycles. The normalized spacial score (nSPS) is 12.2. The lowest BCUT2D eigenvalue weighted by Gasteiger charge is -2.17. The molecule has 0 bridgehead atoms. The van der Waals surface area contributed by atoms with Crippen LogP contribution in [-0.2, 0) is 0 Å². The number of hydrogen-bond donors (Lipinski definition) is 0. The van der Waals surface area contributed by atoms with E-state index in [4.69, 9.17) is 9.97 Å². The summed E-state index contributed by atoms with van der Waals surface area (Å²) in [5, 5.41) is 13.9. The number of benzene rings is 8. The van der Waals surface area contributed by atoms with E-state index in [2.05, 4.69) is 146 Å². The van der Waals surface area contributed by atoms with Crippen LogP contribution in [-0.4, -0.2) is 9.97 Å². The lowest BCUT2D eigenvalue weighted by Crippen LogP contribution is -1.96. The fraction of sp³-hybridized carbons (Fsp3) is 0. The summed E-state index contributed by atoms with van der Waals surface area (Å²) in [6.45, 7) is 0. The second kappa shape index (κ2) is 9.91. The molecule has 48 heavy (non-hydrogen) atoms. The van der Waals surface area contributed by atoms with Crippen LogP contribution in [0.5, 0.6) is 0 Å². The third kappa shape index (κ3) is 3.61. The van der Waals surface area contributed by atoms with Crippen molar-refractivity contribution in [1.82, 2.24) is 9.97 Å². The quantitative estimate of drug-likeness (QED) is 0.175. The van der Waals surface area contributed by atoms with Gasteiger partial charge in [-0.15, -0.1) is 22.7 Å². The number of hydrogen-bond acceptors (Lipinski definition) is 4. The fourth-order valence-electron chi connectivity index (χ4n) is 7.78. The number of fused-ring (bicyclic) bond motifs is 15. The van der Waals surface area contributed by atoms with Gasteiger partial charge in [-0.1, -0.05) is 127 Å². The maximum atomic E-state index is 5.57. The predicted molar refractivity (Wildman–Crippen MR) is 209 cm³/mol. The third-order valence-electron chi connectivity index (χ3n) is 9.84. The molecule has 0 N–H and O–H groups in total. The zero-order valence-electron chi connectivity index (χ0n) is 25.6. The summed E-state index contributed by atoms with van der Waals surface area (Å²) in [4.78, 5) is 12.0. The number of nitrogens with zero attached hydrogens (tertiary/aromatic N) is 2. The first-order valence-electron chi connectivity index (χ1n) is 16.2. The molecule has 0 aliphatic carbocycles. The Morgan fingerprint density at radius 2 is 1.04 bits per heavy atom. The zero-order valence-corrected chi connectivity index (χ0v) is 27.2. The van der Waals surface area contributed by atoms with Gasteiger partial charge >= 0.3 is 0 Å². The molecule has 0 fully saturated rings. The number of rotatable bonds is 2. The number of thiophene rings is 2. The Balaban J connectivity index is 1.41. The molecular weight excluding hydrogens is 621 g/mol. The van der Waals surface area contributed by atoms with Gasteiger partial charge in [0.05, 0.1) is 11.4 Å². The molecule has 8 aromatic carbocycles. The summed E-state index contributed by atoms with van der Waals surface area (Å²) in [6, 6.07) is 52.7. The van der Waals surface area contributed by atoms with Crippen molar-refractivity contribution in [2.75, 3.05) is 0 Å². The second-order valence-corrected chi connectivity index (χ2v) is 14.5. The van der Waals surface area contributed by atoms with Crippen LogP contribution in [0.3, 0.4) is 0 Å². The summed E-state index contributed by atoms with van der Waals surface area (Å²) >= 11 is 3.63. The lowest BCUT2D eigenvalue weighted by molar-refractivity contribution is 1.32. The Morgan fingerprint density at radius 3 is 1.85 bits per heavy atom. The van der Waals surface area contributed by atoms with Gasteiger partial charge in [0.2, 0.25) is 0 Å². The molecule has 3 aromatic heterocycles. The Bertz CT molecular complexity index is 3120. The Morgan fingerprint density at radius 1 is 0.396 bits per heavy atom. The van der Waals surface area contributed by atoms with E-state index in [0.717, 1.165) is 38.2 Å². The molecule has 0 unspecified atom stereocenters. The summed E-state index contributed by atoms with van der Waals surface area (Å²) in [5.74, 6) is 0. The molecule has 0 atom stereocenters. The van der Waals surface area contributed by atoms with E-state index in [1.807, 2.05) is 11.3 Å². The van der Waals surface area contributed by atoms with Crippen molar-refractivity contribution in [3.05, 3.63) is 146 Å². The smallest absolute Gasteiger partial charge is 0.143 e. The molecule has 11 aromatic rings. The van der Waals surface area contributed by atoms with Crippen LogP contribution < -0.4 is 0 Å². The maximum absolute atomic E-state index is 5.57. The van der Waals surface area contributed by atoms with E-state index in [0.29, 0.717) is 0 Å². The highest BCUT2D eigenvalue weighted by Crippen LogP contribution is 2.51. The molecule has 0 amide bonds. The van der Waals surface area contributed by atoms with Gasteiger partial charge in [-0.05, 0) is 55.9 Å². The zero-order chi connectivity index (χ0) is 31.3. The molecule has 4 heteroatoms. The largest absolute Gasteiger partial charge is 0.242 e. The van der Waals surface area contributed by atoms with Gasteiger partial charge in [-0.2, -0.15) is 0 Å². The van der Waals surface area contributed by atoms with Crippen LogP contribution in [0.4, 0.5) is 0 Å². The summed E-state index contributed by atoms with van der Waals surface area (Å²) in [6.07, 6.45) is 0. The van der Waals surface area contributed by atoms with Gasteiger partial charge < -0.3 is 0 Å². The van der Waals surface area contributed by atoms with Gasteiger partial charge in [0.1, 0.15) is 10.3 Å². The van der Waals surface area contributed by atoms with Crippen molar-refractivity contribution < 1.29 is 0 Å². The maximum Gasteiger partial charge on any atom is 0.143 e. The molecule has 0 spiro atoms. The van der Waals surface area contributed by atoms with E-state index in [9.17, 15) is 0 Å². The monoisotopic (exact) mass is 644 g/mol. The van der Waals surface area contributed by atoms with Crippen molar-refractivity contribution in [3.63, 3.8) is 0 Å². The Labute approximate surface area is 283 Å². The molecule has 0 aliphatic heterocycles. The molecule has 0 saturated carbocycles. The van der Waals surface area contributed by atoms with E-state index < -0.39 is 0 Å².